The Balaban J connectivity index is 2.36. The van der Waals surface area contributed by atoms with E-state index in [4.69, 9.17) is 5.73 Å². The molecule has 1 aliphatic rings. The molecule has 2 nitrogen and oxygen atoms in total. The molecule has 0 aromatic heterocycles. The summed E-state index contributed by atoms with van der Waals surface area (Å²) in [6, 6.07) is 0. The molecular formula is C11H22F2N2. The fourth-order valence-corrected chi connectivity index (χ4v) is 2.38. The van der Waals surface area contributed by atoms with Crippen molar-refractivity contribution in [3.05, 3.63) is 0 Å². The maximum absolute atomic E-state index is 12.0. The van der Waals surface area contributed by atoms with Crippen molar-refractivity contribution in [1.29, 1.82) is 0 Å². The zero-order chi connectivity index (χ0) is 11.1. The number of hydrogen-bond donors (Lipinski definition) is 2. The first-order chi connectivity index (χ1) is 7.18. The lowest BCUT2D eigenvalue weighted by Gasteiger charge is -2.31. The summed E-state index contributed by atoms with van der Waals surface area (Å²) in [5.74, 6) is 0. The van der Waals surface area contributed by atoms with E-state index >= 15 is 0 Å². The summed E-state index contributed by atoms with van der Waals surface area (Å²) in [6.45, 7) is 1.05. The van der Waals surface area contributed by atoms with E-state index in [9.17, 15) is 8.78 Å². The molecule has 1 saturated carbocycles. The number of alkyl halides is 2. The van der Waals surface area contributed by atoms with Crippen LogP contribution in [-0.2, 0) is 0 Å². The molecule has 0 aromatic rings. The highest BCUT2D eigenvalue weighted by molar-refractivity contribution is 4.84. The molecule has 90 valence electrons. The predicted molar refractivity (Wildman–Crippen MR) is 58.1 cm³/mol. The summed E-state index contributed by atoms with van der Waals surface area (Å²) in [6.07, 6.45) is 4.80. The molecule has 0 atom stereocenters. The maximum atomic E-state index is 12.0. The SMILES string of the molecule is NCC1(CNCC(F)F)CCCCCC1. The van der Waals surface area contributed by atoms with Crippen molar-refractivity contribution in [2.45, 2.75) is 45.0 Å². The zero-order valence-corrected chi connectivity index (χ0v) is 9.27. The summed E-state index contributed by atoms with van der Waals surface area (Å²) in [5.41, 5.74) is 5.87. The minimum atomic E-state index is -2.26. The number of halogens is 2. The second kappa shape index (κ2) is 6.38. The average molecular weight is 220 g/mol. The summed E-state index contributed by atoms with van der Waals surface area (Å²) >= 11 is 0. The molecule has 0 spiro atoms. The third-order valence-electron chi connectivity index (χ3n) is 3.40. The van der Waals surface area contributed by atoms with Crippen LogP contribution in [0.3, 0.4) is 0 Å². The third-order valence-corrected chi connectivity index (χ3v) is 3.40. The molecule has 0 heterocycles. The maximum Gasteiger partial charge on any atom is 0.250 e. The van der Waals surface area contributed by atoms with Crippen molar-refractivity contribution >= 4 is 0 Å². The molecule has 0 amide bonds. The minimum Gasteiger partial charge on any atom is -0.330 e. The first kappa shape index (κ1) is 12.8. The van der Waals surface area contributed by atoms with Crippen LogP contribution in [0.15, 0.2) is 0 Å². The van der Waals surface area contributed by atoms with Crippen molar-refractivity contribution in [1.82, 2.24) is 5.32 Å². The topological polar surface area (TPSA) is 38.0 Å². The lowest BCUT2D eigenvalue weighted by Crippen LogP contribution is -2.41. The van der Waals surface area contributed by atoms with Crippen LogP contribution >= 0.6 is 0 Å². The van der Waals surface area contributed by atoms with Crippen LogP contribution in [0.4, 0.5) is 8.78 Å². The highest BCUT2D eigenvalue weighted by Gasteiger charge is 2.29. The first-order valence-electron chi connectivity index (χ1n) is 5.87. The van der Waals surface area contributed by atoms with Crippen molar-refractivity contribution < 1.29 is 8.78 Å². The standard InChI is InChI=1S/C11H22F2N2/c12-10(13)7-15-9-11(8-14)5-3-1-2-4-6-11/h10,15H,1-9,14H2. The Morgan fingerprint density at radius 1 is 1.13 bits per heavy atom. The highest BCUT2D eigenvalue weighted by Crippen LogP contribution is 2.33. The van der Waals surface area contributed by atoms with Gasteiger partial charge in [0.2, 0.25) is 0 Å². The number of rotatable bonds is 5. The van der Waals surface area contributed by atoms with Gasteiger partial charge in [-0.2, -0.15) is 0 Å². The molecule has 1 aliphatic carbocycles. The van der Waals surface area contributed by atoms with E-state index in [0.29, 0.717) is 13.1 Å². The zero-order valence-electron chi connectivity index (χ0n) is 9.27. The van der Waals surface area contributed by atoms with Crippen LogP contribution < -0.4 is 11.1 Å². The largest absolute Gasteiger partial charge is 0.330 e. The molecule has 0 aromatic carbocycles. The summed E-state index contributed by atoms with van der Waals surface area (Å²) in [4.78, 5) is 0. The Morgan fingerprint density at radius 2 is 1.73 bits per heavy atom. The third kappa shape index (κ3) is 4.43. The van der Waals surface area contributed by atoms with Crippen LogP contribution in [0, 0.1) is 5.41 Å². The van der Waals surface area contributed by atoms with Crippen molar-refractivity contribution in [3.63, 3.8) is 0 Å². The Hall–Kier alpha value is -0.220. The molecule has 0 bridgehead atoms. The van der Waals surface area contributed by atoms with Crippen molar-refractivity contribution in [2.75, 3.05) is 19.6 Å². The van der Waals surface area contributed by atoms with Crippen LogP contribution in [-0.4, -0.2) is 26.1 Å². The number of nitrogens with one attached hydrogen (secondary N) is 1. The lowest BCUT2D eigenvalue weighted by atomic mass is 9.80. The molecular weight excluding hydrogens is 198 g/mol. The number of hydrogen-bond acceptors (Lipinski definition) is 2. The van der Waals surface area contributed by atoms with Gasteiger partial charge in [-0.15, -0.1) is 0 Å². The summed E-state index contributed by atoms with van der Waals surface area (Å²) in [5, 5.41) is 2.84. The molecule has 15 heavy (non-hydrogen) atoms. The van der Waals surface area contributed by atoms with Crippen LogP contribution in [0.5, 0.6) is 0 Å². The molecule has 0 aliphatic heterocycles. The summed E-state index contributed by atoms with van der Waals surface area (Å²) < 4.78 is 24.0. The van der Waals surface area contributed by atoms with E-state index in [1.165, 1.54) is 25.7 Å². The van der Waals surface area contributed by atoms with Gasteiger partial charge in [-0.25, -0.2) is 8.78 Å². The fourth-order valence-electron chi connectivity index (χ4n) is 2.38. The number of nitrogens with two attached hydrogens (primary N) is 1. The van der Waals surface area contributed by atoms with Gasteiger partial charge in [-0.1, -0.05) is 25.7 Å². The minimum absolute atomic E-state index is 0.0748. The van der Waals surface area contributed by atoms with E-state index < -0.39 is 6.43 Å². The summed E-state index contributed by atoms with van der Waals surface area (Å²) in [7, 11) is 0. The molecule has 1 fully saturated rings. The molecule has 0 unspecified atom stereocenters. The normalized spacial score (nSPS) is 21.6. The van der Waals surface area contributed by atoms with Crippen LogP contribution in [0.25, 0.3) is 0 Å². The predicted octanol–water partition coefficient (Wildman–Crippen LogP) is 2.14. The molecule has 0 radical (unpaired) electrons. The quantitative estimate of drug-likeness (QED) is 0.697. The molecule has 1 rings (SSSR count). The van der Waals surface area contributed by atoms with E-state index in [1.54, 1.807) is 0 Å². The van der Waals surface area contributed by atoms with E-state index in [0.717, 1.165) is 12.8 Å². The Morgan fingerprint density at radius 3 is 2.20 bits per heavy atom. The first-order valence-corrected chi connectivity index (χ1v) is 5.87. The van der Waals surface area contributed by atoms with Gasteiger partial charge >= 0.3 is 0 Å². The van der Waals surface area contributed by atoms with Crippen LogP contribution in [0.1, 0.15) is 38.5 Å². The van der Waals surface area contributed by atoms with Gasteiger partial charge in [-0.05, 0) is 24.8 Å². The van der Waals surface area contributed by atoms with Gasteiger partial charge in [0.25, 0.3) is 6.43 Å². The van der Waals surface area contributed by atoms with Gasteiger partial charge in [0.1, 0.15) is 0 Å². The smallest absolute Gasteiger partial charge is 0.250 e. The molecule has 4 heteroatoms. The van der Waals surface area contributed by atoms with Crippen molar-refractivity contribution in [2.24, 2.45) is 11.1 Å². The van der Waals surface area contributed by atoms with Gasteiger partial charge in [0.15, 0.2) is 0 Å². The average Bonchev–Trinajstić information content (AvgIpc) is 2.44. The second-order valence-corrected chi connectivity index (χ2v) is 4.64. The Kier molecular flexibility index (Phi) is 5.47. The van der Waals surface area contributed by atoms with Crippen LogP contribution in [0.2, 0.25) is 0 Å². The van der Waals surface area contributed by atoms with Gasteiger partial charge in [0, 0.05) is 6.54 Å². The van der Waals surface area contributed by atoms with Gasteiger partial charge in [0.05, 0.1) is 6.54 Å². The van der Waals surface area contributed by atoms with Crippen molar-refractivity contribution in [3.8, 4) is 0 Å². The van der Waals surface area contributed by atoms with Gasteiger partial charge in [-0.3, -0.25) is 0 Å². The monoisotopic (exact) mass is 220 g/mol. The molecule has 0 saturated heterocycles. The van der Waals surface area contributed by atoms with E-state index in [2.05, 4.69) is 5.32 Å². The van der Waals surface area contributed by atoms with E-state index in [-0.39, 0.29) is 12.0 Å². The molecule has 3 N–H and O–H groups in total. The fraction of sp³-hybridized carbons (Fsp3) is 1.00. The lowest BCUT2D eigenvalue weighted by molar-refractivity contribution is 0.135. The second-order valence-electron chi connectivity index (χ2n) is 4.64. The Labute approximate surface area is 90.6 Å². The highest BCUT2D eigenvalue weighted by atomic mass is 19.3. The van der Waals surface area contributed by atoms with Gasteiger partial charge < -0.3 is 11.1 Å². The van der Waals surface area contributed by atoms with E-state index in [1.807, 2.05) is 0 Å². The Bertz CT molecular complexity index is 166.